The molecule has 3 rings (SSSR count). The molecule has 1 heterocycles. The molecule has 130 valence electrons. The van der Waals surface area contributed by atoms with Gasteiger partial charge in [-0.05, 0) is 30.3 Å². The molecule has 0 fully saturated rings. The molecule has 3 aromatic rings. The van der Waals surface area contributed by atoms with Crippen LogP contribution in [0.15, 0.2) is 70.7 Å². The van der Waals surface area contributed by atoms with E-state index in [1.165, 1.54) is 0 Å². The molecule has 0 saturated heterocycles. The minimum Gasteiger partial charge on any atom is -0.324 e. The smallest absolute Gasteiger partial charge is 0.324 e. The number of hydrogen-bond acceptors (Lipinski definition) is 5. The summed E-state index contributed by atoms with van der Waals surface area (Å²) in [5.74, 6) is 0.0199. The van der Waals surface area contributed by atoms with Crippen molar-refractivity contribution in [1.29, 1.82) is 5.26 Å². The molecule has 0 spiro atoms. The number of nitriles is 1. The second-order valence-electron chi connectivity index (χ2n) is 5.14. The first-order valence-corrected chi connectivity index (χ1v) is 8.22. The van der Waals surface area contributed by atoms with Gasteiger partial charge in [0.15, 0.2) is 0 Å². The third kappa shape index (κ3) is 4.32. The minimum atomic E-state index is -4.56. The Morgan fingerprint density at radius 2 is 1.81 bits per heavy atom. The molecule has 2 aromatic carbocycles. The van der Waals surface area contributed by atoms with Crippen LogP contribution in [-0.2, 0) is 6.18 Å². The van der Waals surface area contributed by atoms with E-state index >= 15 is 0 Å². The highest BCUT2D eigenvalue weighted by atomic mass is 32.2. The summed E-state index contributed by atoms with van der Waals surface area (Å²) >= 11 is 0.910. The Morgan fingerprint density at radius 1 is 1.04 bits per heavy atom. The standard InChI is InChI=1S/C18H11F3N4S/c19-18(20,21)15-11-23-17(24-13-6-4-5-12(9-13)10-22)25-16(15)26-14-7-2-1-3-8-14/h1-9,11H,(H,23,24,25). The van der Waals surface area contributed by atoms with Crippen LogP contribution >= 0.6 is 11.8 Å². The summed E-state index contributed by atoms with van der Waals surface area (Å²) in [6.07, 6.45) is -3.80. The van der Waals surface area contributed by atoms with Crippen molar-refractivity contribution in [2.24, 2.45) is 0 Å². The van der Waals surface area contributed by atoms with Crippen LogP contribution in [0, 0.1) is 11.3 Å². The van der Waals surface area contributed by atoms with Gasteiger partial charge in [0.1, 0.15) is 10.6 Å². The van der Waals surface area contributed by atoms with Gasteiger partial charge in [0.25, 0.3) is 0 Å². The van der Waals surface area contributed by atoms with Gasteiger partial charge in [-0.25, -0.2) is 9.97 Å². The maximum absolute atomic E-state index is 13.3. The van der Waals surface area contributed by atoms with Gasteiger partial charge in [-0.2, -0.15) is 18.4 Å². The van der Waals surface area contributed by atoms with Crippen molar-refractivity contribution in [3.05, 3.63) is 71.9 Å². The third-order valence-corrected chi connectivity index (χ3v) is 4.28. The lowest BCUT2D eigenvalue weighted by atomic mass is 10.2. The largest absolute Gasteiger partial charge is 0.420 e. The Labute approximate surface area is 151 Å². The van der Waals surface area contributed by atoms with Crippen molar-refractivity contribution in [2.75, 3.05) is 5.32 Å². The van der Waals surface area contributed by atoms with Gasteiger partial charge in [-0.15, -0.1) is 0 Å². The number of benzene rings is 2. The quantitative estimate of drug-likeness (QED) is 0.633. The van der Waals surface area contributed by atoms with Gasteiger partial charge in [0.05, 0.1) is 11.6 Å². The van der Waals surface area contributed by atoms with Crippen LogP contribution in [0.4, 0.5) is 24.8 Å². The molecule has 1 N–H and O–H groups in total. The topological polar surface area (TPSA) is 61.6 Å². The van der Waals surface area contributed by atoms with Crippen molar-refractivity contribution in [1.82, 2.24) is 9.97 Å². The molecule has 0 atom stereocenters. The second kappa shape index (κ2) is 7.45. The zero-order chi connectivity index (χ0) is 18.6. The van der Waals surface area contributed by atoms with Crippen LogP contribution in [0.25, 0.3) is 0 Å². The Kier molecular flexibility index (Phi) is 5.09. The summed E-state index contributed by atoms with van der Waals surface area (Å²) < 4.78 is 39.8. The zero-order valence-corrected chi connectivity index (χ0v) is 14.0. The normalized spacial score (nSPS) is 11.0. The molecule has 1 aromatic heterocycles. The Balaban J connectivity index is 1.95. The molecule has 0 radical (unpaired) electrons. The molecule has 0 amide bonds. The summed E-state index contributed by atoms with van der Waals surface area (Å²) in [4.78, 5) is 8.42. The minimum absolute atomic E-state index is 0.0199. The summed E-state index contributed by atoms with van der Waals surface area (Å²) in [7, 11) is 0. The number of nitrogens with zero attached hydrogens (tertiary/aromatic N) is 3. The predicted octanol–water partition coefficient (Wildman–Crippen LogP) is 5.26. The average Bonchev–Trinajstić information content (AvgIpc) is 2.62. The first-order valence-electron chi connectivity index (χ1n) is 7.40. The van der Waals surface area contributed by atoms with Crippen molar-refractivity contribution in [3.63, 3.8) is 0 Å². The molecule has 0 bridgehead atoms. The van der Waals surface area contributed by atoms with Crippen LogP contribution in [0.3, 0.4) is 0 Å². The van der Waals surface area contributed by atoms with Gasteiger partial charge in [0.2, 0.25) is 5.95 Å². The Hall–Kier alpha value is -3.05. The fourth-order valence-electron chi connectivity index (χ4n) is 2.09. The summed E-state index contributed by atoms with van der Waals surface area (Å²) in [6, 6.07) is 17.2. The summed E-state index contributed by atoms with van der Waals surface area (Å²) in [5.41, 5.74) is 0.0305. The van der Waals surface area contributed by atoms with Gasteiger partial charge in [0, 0.05) is 16.8 Å². The molecule has 8 heteroatoms. The number of alkyl halides is 3. The van der Waals surface area contributed by atoms with E-state index in [2.05, 4.69) is 15.3 Å². The van der Waals surface area contributed by atoms with Crippen LogP contribution in [0.1, 0.15) is 11.1 Å². The number of hydrogen-bond donors (Lipinski definition) is 1. The van der Waals surface area contributed by atoms with Crippen molar-refractivity contribution < 1.29 is 13.2 Å². The molecule has 0 aliphatic heterocycles. The highest BCUT2D eigenvalue weighted by Gasteiger charge is 2.35. The lowest BCUT2D eigenvalue weighted by molar-refractivity contribution is -0.140. The van der Waals surface area contributed by atoms with E-state index < -0.39 is 11.7 Å². The van der Waals surface area contributed by atoms with E-state index in [-0.39, 0.29) is 11.0 Å². The SMILES string of the molecule is N#Cc1cccc(Nc2ncc(C(F)(F)F)c(Sc3ccccc3)n2)c1. The lowest BCUT2D eigenvalue weighted by Crippen LogP contribution is -2.10. The first-order chi connectivity index (χ1) is 12.5. The Morgan fingerprint density at radius 3 is 2.50 bits per heavy atom. The number of rotatable bonds is 4. The monoisotopic (exact) mass is 372 g/mol. The van der Waals surface area contributed by atoms with Gasteiger partial charge < -0.3 is 5.32 Å². The third-order valence-electron chi connectivity index (χ3n) is 3.26. The predicted molar refractivity (Wildman–Crippen MR) is 92.0 cm³/mol. The molecule has 0 aliphatic rings. The van der Waals surface area contributed by atoms with Crippen LogP contribution < -0.4 is 5.32 Å². The zero-order valence-electron chi connectivity index (χ0n) is 13.2. The molecule has 0 unspecified atom stereocenters. The van der Waals surface area contributed by atoms with E-state index in [1.807, 2.05) is 6.07 Å². The van der Waals surface area contributed by atoms with E-state index in [9.17, 15) is 13.2 Å². The van der Waals surface area contributed by atoms with E-state index in [0.717, 1.165) is 18.0 Å². The van der Waals surface area contributed by atoms with Gasteiger partial charge in [-0.1, -0.05) is 36.0 Å². The van der Waals surface area contributed by atoms with Crippen LogP contribution in [0.2, 0.25) is 0 Å². The maximum Gasteiger partial charge on any atom is 0.420 e. The van der Waals surface area contributed by atoms with Crippen LogP contribution in [0.5, 0.6) is 0 Å². The van der Waals surface area contributed by atoms with E-state index in [4.69, 9.17) is 5.26 Å². The maximum atomic E-state index is 13.3. The van der Waals surface area contributed by atoms with Crippen molar-refractivity contribution >= 4 is 23.4 Å². The van der Waals surface area contributed by atoms with Crippen molar-refractivity contribution in [3.8, 4) is 6.07 Å². The van der Waals surface area contributed by atoms with E-state index in [0.29, 0.717) is 16.1 Å². The number of halogens is 3. The first kappa shape index (κ1) is 17.8. The number of anilines is 2. The molecule has 26 heavy (non-hydrogen) atoms. The highest BCUT2D eigenvalue weighted by Crippen LogP contribution is 2.38. The fourth-order valence-corrected chi connectivity index (χ4v) is 3.02. The Bertz CT molecular complexity index is 953. The molecular formula is C18H11F3N4S. The molecular weight excluding hydrogens is 361 g/mol. The summed E-state index contributed by atoms with van der Waals surface area (Å²) in [5, 5.41) is 11.6. The van der Waals surface area contributed by atoms with Crippen LogP contribution in [-0.4, -0.2) is 9.97 Å². The number of aromatic nitrogens is 2. The molecule has 4 nitrogen and oxygen atoms in total. The fraction of sp³-hybridized carbons (Fsp3) is 0.0556. The second-order valence-corrected chi connectivity index (χ2v) is 6.21. The van der Waals surface area contributed by atoms with Gasteiger partial charge >= 0.3 is 6.18 Å². The highest BCUT2D eigenvalue weighted by molar-refractivity contribution is 7.99. The summed E-state index contributed by atoms with van der Waals surface area (Å²) in [6.45, 7) is 0. The number of nitrogens with one attached hydrogen (secondary N) is 1. The van der Waals surface area contributed by atoms with E-state index in [1.54, 1.807) is 54.6 Å². The average molecular weight is 372 g/mol. The van der Waals surface area contributed by atoms with Crippen molar-refractivity contribution in [2.45, 2.75) is 16.1 Å². The lowest BCUT2D eigenvalue weighted by Gasteiger charge is -2.13. The van der Waals surface area contributed by atoms with Gasteiger partial charge in [-0.3, -0.25) is 0 Å². The molecule has 0 saturated carbocycles. The molecule has 0 aliphatic carbocycles.